The van der Waals surface area contributed by atoms with E-state index >= 15 is 0 Å². The highest BCUT2D eigenvalue weighted by atomic mass is 16.5. The molecule has 4 nitrogen and oxygen atoms in total. The Hall–Kier alpha value is -2.04. The Labute approximate surface area is 163 Å². The summed E-state index contributed by atoms with van der Waals surface area (Å²) in [6, 6.07) is 15.2. The topological polar surface area (TPSA) is 33.7 Å². The second kappa shape index (κ2) is 9.25. The highest BCUT2D eigenvalue weighted by Crippen LogP contribution is 2.32. The van der Waals surface area contributed by atoms with E-state index in [1.165, 1.54) is 16.7 Å². The Morgan fingerprint density at radius 2 is 1.89 bits per heavy atom. The molecule has 1 unspecified atom stereocenters. The van der Waals surface area contributed by atoms with Crippen molar-refractivity contribution in [2.75, 3.05) is 40.4 Å². The molecule has 1 atom stereocenters. The van der Waals surface area contributed by atoms with E-state index in [2.05, 4.69) is 74.6 Å². The van der Waals surface area contributed by atoms with E-state index < -0.39 is 0 Å². The zero-order valence-corrected chi connectivity index (χ0v) is 17.0. The number of hydrogen-bond acceptors (Lipinski definition) is 4. The maximum absolute atomic E-state index is 5.92. The highest BCUT2D eigenvalue weighted by Gasteiger charge is 2.22. The molecule has 2 aromatic carbocycles. The van der Waals surface area contributed by atoms with Crippen LogP contribution in [0.4, 0.5) is 0 Å². The third-order valence-electron chi connectivity index (χ3n) is 4.75. The largest absolute Gasteiger partial charge is 0.493 e. The van der Waals surface area contributed by atoms with Gasteiger partial charge in [-0.15, -0.1) is 0 Å². The summed E-state index contributed by atoms with van der Waals surface area (Å²) < 4.78 is 11.8. The summed E-state index contributed by atoms with van der Waals surface area (Å²) >= 11 is 0. The molecule has 0 saturated carbocycles. The van der Waals surface area contributed by atoms with Gasteiger partial charge in [0.05, 0.1) is 12.6 Å². The average Bonchev–Trinajstić information content (AvgIpc) is 2.65. The first-order valence-electron chi connectivity index (χ1n) is 9.89. The van der Waals surface area contributed by atoms with Crippen molar-refractivity contribution in [3.8, 4) is 11.5 Å². The molecule has 0 bridgehead atoms. The van der Waals surface area contributed by atoms with Crippen molar-refractivity contribution in [2.45, 2.75) is 26.3 Å². The van der Waals surface area contributed by atoms with Crippen molar-refractivity contribution < 1.29 is 9.47 Å². The van der Waals surface area contributed by atoms with E-state index in [0.717, 1.165) is 37.6 Å². The first-order valence-corrected chi connectivity index (χ1v) is 9.89. The van der Waals surface area contributed by atoms with Gasteiger partial charge in [0, 0.05) is 13.1 Å². The summed E-state index contributed by atoms with van der Waals surface area (Å²) in [5, 5.41) is 3.66. The van der Waals surface area contributed by atoms with Gasteiger partial charge in [-0.3, -0.25) is 0 Å². The van der Waals surface area contributed by atoms with Gasteiger partial charge in [-0.05, 0) is 67.4 Å². The monoisotopic (exact) mass is 368 g/mol. The maximum Gasteiger partial charge on any atom is 0.119 e. The fourth-order valence-electron chi connectivity index (χ4n) is 3.32. The van der Waals surface area contributed by atoms with Crippen LogP contribution in [0.25, 0.3) is 0 Å². The summed E-state index contributed by atoms with van der Waals surface area (Å²) in [6.07, 6.45) is 1.03. The summed E-state index contributed by atoms with van der Waals surface area (Å²) in [6.45, 7) is 7.68. The maximum atomic E-state index is 5.92. The van der Waals surface area contributed by atoms with Gasteiger partial charge in [-0.2, -0.15) is 0 Å². The molecular formula is C23H32N2O2. The van der Waals surface area contributed by atoms with Crippen molar-refractivity contribution in [1.82, 2.24) is 10.2 Å². The first-order chi connectivity index (χ1) is 13.0. The Bertz CT molecular complexity index is 743. The fraction of sp³-hybridized carbons (Fsp3) is 0.478. The average molecular weight is 369 g/mol. The molecule has 1 heterocycles. The molecule has 27 heavy (non-hydrogen) atoms. The van der Waals surface area contributed by atoms with Gasteiger partial charge in [0.1, 0.15) is 18.1 Å². The van der Waals surface area contributed by atoms with Gasteiger partial charge >= 0.3 is 0 Å². The fourth-order valence-corrected chi connectivity index (χ4v) is 3.32. The van der Waals surface area contributed by atoms with E-state index in [1.54, 1.807) is 0 Å². The molecule has 0 amide bonds. The highest BCUT2D eigenvalue weighted by molar-refractivity contribution is 5.45. The van der Waals surface area contributed by atoms with E-state index in [1.807, 2.05) is 6.07 Å². The molecule has 0 spiro atoms. The summed E-state index contributed by atoms with van der Waals surface area (Å²) in [4.78, 5) is 2.13. The summed E-state index contributed by atoms with van der Waals surface area (Å²) in [5.41, 5.74) is 3.95. The molecule has 0 aromatic heterocycles. The minimum atomic E-state index is 0.201. The lowest BCUT2D eigenvalue weighted by atomic mass is 9.89. The van der Waals surface area contributed by atoms with Gasteiger partial charge in [-0.25, -0.2) is 0 Å². The van der Waals surface area contributed by atoms with Crippen LogP contribution in [0.1, 0.15) is 36.6 Å². The summed E-state index contributed by atoms with van der Waals surface area (Å²) in [7, 11) is 4.12. The van der Waals surface area contributed by atoms with E-state index in [9.17, 15) is 0 Å². The number of likely N-dealkylation sites (N-methyl/N-ethyl adjacent to an activating group) is 1. The predicted octanol–water partition coefficient (Wildman–Crippen LogP) is 3.90. The van der Waals surface area contributed by atoms with Crippen LogP contribution in [-0.2, 0) is 6.42 Å². The lowest BCUT2D eigenvalue weighted by Crippen LogP contribution is -2.30. The van der Waals surface area contributed by atoms with Gasteiger partial charge < -0.3 is 19.7 Å². The normalized spacial score (nSPS) is 16.4. The van der Waals surface area contributed by atoms with Gasteiger partial charge in [0.2, 0.25) is 0 Å². The molecule has 0 saturated heterocycles. The lowest BCUT2D eigenvalue weighted by Gasteiger charge is -2.28. The number of hydrogen-bond donors (Lipinski definition) is 1. The molecule has 3 rings (SSSR count). The van der Waals surface area contributed by atoms with Gasteiger partial charge in [-0.1, -0.05) is 32.0 Å². The van der Waals surface area contributed by atoms with Crippen LogP contribution in [0.15, 0.2) is 42.5 Å². The Kier molecular flexibility index (Phi) is 6.75. The minimum absolute atomic E-state index is 0.201. The number of ether oxygens (including phenoxy) is 2. The summed E-state index contributed by atoms with van der Waals surface area (Å²) in [5.74, 6) is 2.43. The number of nitrogens with zero attached hydrogens (tertiary/aromatic N) is 1. The van der Waals surface area contributed by atoms with E-state index in [4.69, 9.17) is 9.47 Å². The van der Waals surface area contributed by atoms with Crippen molar-refractivity contribution in [1.29, 1.82) is 0 Å². The van der Waals surface area contributed by atoms with Crippen LogP contribution in [-0.4, -0.2) is 45.3 Å². The van der Waals surface area contributed by atoms with Crippen LogP contribution in [0, 0.1) is 5.92 Å². The standard InChI is InChI=1S/C23H32N2O2/c1-17(2)16-27-20-7-5-6-19(15-20)23-22-9-8-21(26-13-12-25(3)4)14-18(22)10-11-24-23/h5-9,14-15,17,23-24H,10-13,16H2,1-4H3. The zero-order valence-electron chi connectivity index (χ0n) is 17.0. The van der Waals surface area contributed by atoms with Crippen molar-refractivity contribution in [3.05, 3.63) is 59.2 Å². The van der Waals surface area contributed by atoms with Crippen molar-refractivity contribution in [2.24, 2.45) is 5.92 Å². The third-order valence-corrected chi connectivity index (χ3v) is 4.75. The second-order valence-corrected chi connectivity index (χ2v) is 7.93. The number of benzene rings is 2. The molecule has 2 aromatic rings. The van der Waals surface area contributed by atoms with Crippen LogP contribution < -0.4 is 14.8 Å². The van der Waals surface area contributed by atoms with E-state index in [0.29, 0.717) is 12.5 Å². The molecule has 0 radical (unpaired) electrons. The molecule has 1 aliphatic heterocycles. The molecule has 1 aliphatic rings. The molecule has 0 fully saturated rings. The molecule has 146 valence electrons. The molecular weight excluding hydrogens is 336 g/mol. The molecule has 0 aliphatic carbocycles. The SMILES string of the molecule is CC(C)COc1cccc(C2NCCc3cc(OCCN(C)C)ccc32)c1. The van der Waals surface area contributed by atoms with Crippen molar-refractivity contribution in [3.63, 3.8) is 0 Å². The molecule has 4 heteroatoms. The van der Waals surface area contributed by atoms with Crippen LogP contribution in [0.3, 0.4) is 0 Å². The van der Waals surface area contributed by atoms with Crippen LogP contribution in [0.5, 0.6) is 11.5 Å². The smallest absolute Gasteiger partial charge is 0.119 e. The number of rotatable bonds is 8. The quantitative estimate of drug-likeness (QED) is 0.766. The zero-order chi connectivity index (χ0) is 19.2. The lowest BCUT2D eigenvalue weighted by molar-refractivity contribution is 0.261. The Balaban J connectivity index is 1.75. The number of fused-ring (bicyclic) bond motifs is 1. The Morgan fingerprint density at radius 3 is 2.67 bits per heavy atom. The van der Waals surface area contributed by atoms with E-state index in [-0.39, 0.29) is 6.04 Å². The predicted molar refractivity (Wildman–Crippen MR) is 111 cm³/mol. The second-order valence-electron chi connectivity index (χ2n) is 7.93. The minimum Gasteiger partial charge on any atom is -0.493 e. The van der Waals surface area contributed by atoms with Gasteiger partial charge in [0.25, 0.3) is 0 Å². The third kappa shape index (κ3) is 5.47. The number of nitrogens with one attached hydrogen (secondary N) is 1. The van der Waals surface area contributed by atoms with Crippen LogP contribution >= 0.6 is 0 Å². The first kappa shape index (κ1) is 19.7. The van der Waals surface area contributed by atoms with Gasteiger partial charge in [0.15, 0.2) is 0 Å². The molecule has 1 N–H and O–H groups in total. The Morgan fingerprint density at radius 1 is 1.07 bits per heavy atom. The van der Waals surface area contributed by atoms with Crippen molar-refractivity contribution >= 4 is 0 Å². The van der Waals surface area contributed by atoms with Crippen LogP contribution in [0.2, 0.25) is 0 Å².